The molecule has 2 heterocycles. The van der Waals surface area contributed by atoms with Gasteiger partial charge in [-0.2, -0.15) is 17.6 Å². The number of nitrogens with zero attached hydrogens (tertiary/aromatic N) is 2. The molecule has 0 aliphatic carbocycles. The Morgan fingerprint density at radius 2 is 1.50 bits per heavy atom. The van der Waals surface area contributed by atoms with Crippen molar-refractivity contribution in [2.24, 2.45) is 5.92 Å². The largest absolute Gasteiger partial charge is 0.497 e. The Bertz CT molecular complexity index is 1470. The summed E-state index contributed by atoms with van der Waals surface area (Å²) in [5.74, 6) is 1.85. The molecule has 0 amide bonds. The first-order valence-electron chi connectivity index (χ1n) is 13.7. The minimum atomic E-state index is -0.956. The fraction of sp³-hybridized carbons (Fsp3) is 0.312. The second kappa shape index (κ2) is 13.0. The molecule has 1 saturated heterocycles. The molecular weight excluding hydrogens is 554 g/mol. The van der Waals surface area contributed by atoms with Gasteiger partial charge in [0.05, 0.1) is 26.9 Å². The summed E-state index contributed by atoms with van der Waals surface area (Å²) in [6, 6.07) is 27.1. The number of ether oxygens (including phenoxy) is 3. The lowest BCUT2D eigenvalue weighted by Gasteiger charge is -2.37. The molecule has 0 saturated carbocycles. The maximum Gasteiger partial charge on any atom is 0.351 e. The first-order valence-corrected chi connectivity index (χ1v) is 14.4. The molecule has 1 aliphatic rings. The van der Waals surface area contributed by atoms with E-state index in [0.717, 1.165) is 16.7 Å². The molecule has 0 unspecified atom stereocenters. The average Bonchev–Trinajstić information content (AvgIpc) is 3.35. The number of hydrogen-bond donors (Lipinski definition) is 4. The smallest absolute Gasteiger partial charge is 0.351 e. The third-order valence-electron chi connectivity index (χ3n) is 7.82. The first kappa shape index (κ1) is 29.7. The molecule has 1 aliphatic heterocycles. The predicted molar refractivity (Wildman–Crippen MR) is 163 cm³/mol. The number of aliphatic hydroxyl groups excluding tert-OH is 2. The van der Waals surface area contributed by atoms with E-state index in [1.54, 1.807) is 26.5 Å². The molecule has 4 aromatic rings. The van der Waals surface area contributed by atoms with Crippen LogP contribution < -0.4 is 20.5 Å². The standard InChI is InChI=1S/C32H35N3O6S/c1-39-24-12-8-22(9-13-24)32(21-6-4-3-5-7-21,23-10-14-25(40-2)15-11-23)34-28-16-18-35(31(38)33-28)30-26(17-19-42)29(37)27(20-36)41-30/h3-16,18,26-27,29-30,36-37,42H,17,19-20H2,1-2H3,(H,33,34,38)/t26-,27+,29-,30+/m0/s1. The van der Waals surface area contributed by atoms with Crippen LogP contribution in [-0.2, 0) is 10.3 Å². The maximum absolute atomic E-state index is 13.5. The van der Waals surface area contributed by atoms with Gasteiger partial charge in [-0.3, -0.25) is 4.57 Å². The highest BCUT2D eigenvalue weighted by atomic mass is 32.1. The van der Waals surface area contributed by atoms with Crippen LogP contribution in [0.5, 0.6) is 11.5 Å². The molecule has 0 spiro atoms. The van der Waals surface area contributed by atoms with Gasteiger partial charge >= 0.3 is 5.69 Å². The highest BCUT2D eigenvalue weighted by Crippen LogP contribution is 2.41. The van der Waals surface area contributed by atoms with Crippen LogP contribution in [0, 0.1) is 5.92 Å². The third-order valence-corrected chi connectivity index (χ3v) is 8.07. The Labute approximate surface area is 250 Å². The number of rotatable bonds is 11. The molecule has 10 heteroatoms. The number of benzene rings is 3. The molecule has 0 radical (unpaired) electrons. The van der Waals surface area contributed by atoms with Crippen molar-refractivity contribution < 1.29 is 24.4 Å². The van der Waals surface area contributed by atoms with Crippen LogP contribution in [0.4, 0.5) is 5.82 Å². The highest BCUT2D eigenvalue weighted by Gasteiger charge is 2.44. The number of aromatic nitrogens is 2. The van der Waals surface area contributed by atoms with Crippen LogP contribution in [0.15, 0.2) is 95.9 Å². The zero-order valence-corrected chi connectivity index (χ0v) is 24.4. The molecular formula is C32H35N3O6S. The Morgan fingerprint density at radius 1 is 0.929 bits per heavy atom. The Balaban J connectivity index is 1.62. The van der Waals surface area contributed by atoms with Crippen LogP contribution in [0.1, 0.15) is 29.3 Å². The summed E-state index contributed by atoms with van der Waals surface area (Å²) >= 11 is 4.31. The fourth-order valence-electron chi connectivity index (χ4n) is 5.64. The van der Waals surface area contributed by atoms with E-state index in [1.807, 2.05) is 78.9 Å². The topological polar surface area (TPSA) is 115 Å². The van der Waals surface area contributed by atoms with Gasteiger partial charge < -0.3 is 29.7 Å². The van der Waals surface area contributed by atoms with Crippen LogP contribution >= 0.6 is 12.6 Å². The van der Waals surface area contributed by atoms with Crippen molar-refractivity contribution in [3.05, 3.63) is 118 Å². The lowest BCUT2D eigenvalue weighted by Crippen LogP contribution is -2.39. The number of nitrogens with one attached hydrogen (secondary N) is 1. The van der Waals surface area contributed by atoms with Crippen molar-refractivity contribution in [2.75, 3.05) is 31.9 Å². The monoisotopic (exact) mass is 589 g/mol. The normalized spacial score (nSPS) is 20.3. The van der Waals surface area contributed by atoms with Gasteiger partial charge in [-0.1, -0.05) is 54.6 Å². The summed E-state index contributed by atoms with van der Waals surface area (Å²) in [7, 11) is 3.24. The highest BCUT2D eigenvalue weighted by molar-refractivity contribution is 7.80. The van der Waals surface area contributed by atoms with Crippen molar-refractivity contribution in [1.82, 2.24) is 9.55 Å². The van der Waals surface area contributed by atoms with Crippen molar-refractivity contribution in [3.8, 4) is 11.5 Å². The molecule has 1 fully saturated rings. The molecule has 220 valence electrons. The van der Waals surface area contributed by atoms with Gasteiger partial charge in [-0.05, 0) is 59.2 Å². The summed E-state index contributed by atoms with van der Waals surface area (Å²) in [6.07, 6.45) is -0.379. The Morgan fingerprint density at radius 3 is 2.00 bits per heavy atom. The number of hydrogen-bond acceptors (Lipinski definition) is 9. The van der Waals surface area contributed by atoms with E-state index >= 15 is 0 Å². The molecule has 4 atom stereocenters. The molecule has 3 aromatic carbocycles. The zero-order chi connectivity index (χ0) is 29.7. The van der Waals surface area contributed by atoms with Crippen molar-refractivity contribution in [1.29, 1.82) is 0 Å². The van der Waals surface area contributed by atoms with Crippen molar-refractivity contribution in [2.45, 2.75) is 30.4 Å². The third kappa shape index (κ3) is 5.63. The summed E-state index contributed by atoms with van der Waals surface area (Å²) in [4.78, 5) is 17.9. The predicted octanol–water partition coefficient (Wildman–Crippen LogP) is 3.85. The Hall–Kier alpha value is -3.83. The minimum absolute atomic E-state index is 0.342. The van der Waals surface area contributed by atoms with E-state index in [-0.39, 0.29) is 6.61 Å². The second-order valence-corrected chi connectivity index (χ2v) is 10.6. The van der Waals surface area contributed by atoms with Crippen LogP contribution in [0.2, 0.25) is 0 Å². The summed E-state index contributed by atoms with van der Waals surface area (Å²) in [6.45, 7) is -0.355. The lowest BCUT2D eigenvalue weighted by atomic mass is 9.77. The summed E-state index contributed by atoms with van der Waals surface area (Å²) in [5, 5.41) is 24.0. The lowest BCUT2D eigenvalue weighted by molar-refractivity contribution is -0.0481. The van der Waals surface area contributed by atoms with E-state index in [4.69, 9.17) is 14.2 Å². The van der Waals surface area contributed by atoms with Gasteiger partial charge in [0.15, 0.2) is 0 Å². The van der Waals surface area contributed by atoms with E-state index in [9.17, 15) is 15.0 Å². The van der Waals surface area contributed by atoms with Gasteiger partial charge in [0.25, 0.3) is 0 Å². The van der Waals surface area contributed by atoms with Gasteiger partial charge in [0.1, 0.15) is 35.2 Å². The number of anilines is 1. The van der Waals surface area contributed by atoms with Crippen LogP contribution in [-0.4, -0.2) is 58.6 Å². The molecule has 3 N–H and O–H groups in total. The molecule has 0 bridgehead atoms. The first-order chi connectivity index (χ1) is 20.4. The van der Waals surface area contributed by atoms with E-state index in [2.05, 4.69) is 22.9 Å². The maximum atomic E-state index is 13.5. The van der Waals surface area contributed by atoms with Crippen LogP contribution in [0.3, 0.4) is 0 Å². The number of methoxy groups -OCH3 is 2. The van der Waals surface area contributed by atoms with Gasteiger partial charge in [-0.15, -0.1) is 0 Å². The SMILES string of the molecule is COc1ccc(C(Nc2ccn([C@@H]3O[C@H](CO)[C@@H](O)[C@@H]3CCS)c(=O)n2)(c2ccccc2)c2ccc(OC)cc2)cc1. The van der Waals surface area contributed by atoms with Gasteiger partial charge in [0, 0.05) is 12.1 Å². The van der Waals surface area contributed by atoms with Crippen molar-refractivity contribution in [3.63, 3.8) is 0 Å². The fourth-order valence-corrected chi connectivity index (χ4v) is 5.94. The van der Waals surface area contributed by atoms with Gasteiger partial charge in [-0.25, -0.2) is 4.79 Å². The molecule has 9 nitrogen and oxygen atoms in total. The van der Waals surface area contributed by atoms with E-state index in [1.165, 1.54) is 4.57 Å². The van der Waals surface area contributed by atoms with E-state index < -0.39 is 35.6 Å². The van der Waals surface area contributed by atoms with Crippen LogP contribution in [0.25, 0.3) is 0 Å². The molecule has 5 rings (SSSR count). The Kier molecular flexibility index (Phi) is 9.18. The molecule has 42 heavy (non-hydrogen) atoms. The van der Waals surface area contributed by atoms with Crippen molar-refractivity contribution >= 4 is 18.4 Å². The number of thiol groups is 1. The average molecular weight is 590 g/mol. The quantitative estimate of drug-likeness (QED) is 0.154. The van der Waals surface area contributed by atoms with Gasteiger partial charge in [0.2, 0.25) is 0 Å². The summed E-state index contributed by atoms with van der Waals surface area (Å²) in [5.41, 5.74) is 1.21. The summed E-state index contributed by atoms with van der Waals surface area (Å²) < 4.78 is 18.1. The minimum Gasteiger partial charge on any atom is -0.497 e. The zero-order valence-electron chi connectivity index (χ0n) is 23.5. The molecule has 1 aromatic heterocycles. The van der Waals surface area contributed by atoms with E-state index in [0.29, 0.717) is 29.5 Å². The second-order valence-electron chi connectivity index (χ2n) is 10.1. The number of aliphatic hydroxyl groups is 2.